The summed E-state index contributed by atoms with van der Waals surface area (Å²) in [6.45, 7) is 6.35. The van der Waals surface area contributed by atoms with Crippen molar-refractivity contribution in [1.29, 1.82) is 0 Å². The fraction of sp³-hybridized carbons (Fsp3) is 0.467. The first kappa shape index (κ1) is 12.8. The smallest absolute Gasteiger partial charge is 0.0580 e. The zero-order valence-electron chi connectivity index (χ0n) is 10.3. The normalized spacial score (nSPS) is 9.94. The van der Waals surface area contributed by atoms with Crippen molar-refractivity contribution >= 4 is 0 Å². The molecule has 0 spiro atoms. The molecule has 0 aliphatic heterocycles. The molecule has 0 fully saturated rings. The van der Waals surface area contributed by atoms with Gasteiger partial charge in [0.1, 0.15) is 0 Å². The molecule has 0 atom stereocenters. The van der Waals surface area contributed by atoms with Crippen molar-refractivity contribution in [1.82, 2.24) is 5.32 Å². The second-order valence-corrected chi connectivity index (χ2v) is 3.98. The second-order valence-electron chi connectivity index (χ2n) is 3.98. The quantitative estimate of drug-likeness (QED) is 0.588. The van der Waals surface area contributed by atoms with E-state index in [0.717, 1.165) is 24.6 Å². The van der Waals surface area contributed by atoms with E-state index in [1.54, 1.807) is 0 Å². The Kier molecular flexibility index (Phi) is 6.37. The fourth-order valence-electron chi connectivity index (χ4n) is 1.58. The highest BCUT2D eigenvalue weighted by Crippen LogP contribution is 2.04. The lowest BCUT2D eigenvalue weighted by atomic mass is 10.0. The zero-order chi connectivity index (χ0) is 11.6. The molecule has 1 N–H and O–H groups in total. The van der Waals surface area contributed by atoms with Gasteiger partial charge in [-0.25, -0.2) is 0 Å². The topological polar surface area (TPSA) is 12.0 Å². The third-order valence-electron chi connectivity index (χ3n) is 2.81. The maximum Gasteiger partial charge on any atom is 0.0580 e. The summed E-state index contributed by atoms with van der Waals surface area (Å²) in [5.41, 5.74) is 1.09. The lowest BCUT2D eigenvalue weighted by Crippen LogP contribution is -2.22. The lowest BCUT2D eigenvalue weighted by molar-refractivity contribution is 0.462. The Hall–Kier alpha value is -1.26. The summed E-state index contributed by atoms with van der Waals surface area (Å²) in [5.74, 6) is 7.08. The van der Waals surface area contributed by atoms with Crippen molar-refractivity contribution in [3.05, 3.63) is 35.9 Å². The molecular formula is C15H21N. The van der Waals surface area contributed by atoms with Crippen LogP contribution in [0.1, 0.15) is 32.3 Å². The molecule has 1 aromatic carbocycles. The number of hydrogen-bond acceptors (Lipinski definition) is 1. The van der Waals surface area contributed by atoms with Crippen LogP contribution < -0.4 is 5.32 Å². The third-order valence-corrected chi connectivity index (χ3v) is 2.81. The molecule has 0 amide bonds. The van der Waals surface area contributed by atoms with Gasteiger partial charge >= 0.3 is 0 Å². The van der Waals surface area contributed by atoms with Gasteiger partial charge in [-0.1, -0.05) is 56.7 Å². The highest BCUT2D eigenvalue weighted by molar-refractivity contribution is 5.33. The highest BCUT2D eigenvalue weighted by atomic mass is 14.8. The molecule has 0 aliphatic carbocycles. The predicted octanol–water partition coefficient (Wildman–Crippen LogP) is 3.06. The van der Waals surface area contributed by atoms with Gasteiger partial charge in [-0.3, -0.25) is 0 Å². The summed E-state index contributed by atoms with van der Waals surface area (Å²) in [4.78, 5) is 0. The Labute approximate surface area is 99.3 Å². The number of rotatable bonds is 5. The largest absolute Gasteiger partial charge is 0.306 e. The van der Waals surface area contributed by atoms with E-state index >= 15 is 0 Å². The van der Waals surface area contributed by atoms with Gasteiger partial charge in [0.2, 0.25) is 0 Å². The monoisotopic (exact) mass is 215 g/mol. The molecule has 0 aliphatic rings. The molecular weight excluding hydrogens is 194 g/mol. The summed E-state index contributed by atoms with van der Waals surface area (Å²) in [6.07, 6.45) is 2.49. The van der Waals surface area contributed by atoms with Crippen LogP contribution in [0, 0.1) is 17.8 Å². The molecule has 16 heavy (non-hydrogen) atoms. The first-order valence-corrected chi connectivity index (χ1v) is 6.11. The maximum absolute atomic E-state index is 3.38. The summed E-state index contributed by atoms with van der Waals surface area (Å²) in [7, 11) is 0. The van der Waals surface area contributed by atoms with Gasteiger partial charge in [-0.15, -0.1) is 0 Å². The van der Waals surface area contributed by atoms with Gasteiger partial charge < -0.3 is 5.32 Å². The van der Waals surface area contributed by atoms with Crippen LogP contribution >= 0.6 is 0 Å². The van der Waals surface area contributed by atoms with Crippen molar-refractivity contribution < 1.29 is 0 Å². The third kappa shape index (κ3) is 5.00. The standard InChI is InChI=1S/C15H21N/c1-3-14(4-2)13-16-12-8-11-15-9-6-5-7-10-15/h5-7,9-10,14,16H,3-4,12-13H2,1-2H3. The van der Waals surface area contributed by atoms with Gasteiger partial charge in [-0.05, 0) is 24.6 Å². The van der Waals surface area contributed by atoms with Crippen molar-refractivity contribution in [3.8, 4) is 11.8 Å². The van der Waals surface area contributed by atoms with Crippen molar-refractivity contribution in [2.75, 3.05) is 13.1 Å². The van der Waals surface area contributed by atoms with Gasteiger partial charge in [-0.2, -0.15) is 0 Å². The second kappa shape index (κ2) is 7.96. The molecule has 0 heterocycles. The van der Waals surface area contributed by atoms with Gasteiger partial charge in [0, 0.05) is 5.56 Å². The van der Waals surface area contributed by atoms with Crippen molar-refractivity contribution in [2.24, 2.45) is 5.92 Å². The van der Waals surface area contributed by atoms with Crippen LogP contribution in [0.15, 0.2) is 30.3 Å². The van der Waals surface area contributed by atoms with E-state index in [0.29, 0.717) is 0 Å². The van der Waals surface area contributed by atoms with Gasteiger partial charge in [0.05, 0.1) is 6.54 Å². The molecule has 0 bridgehead atoms. The Morgan fingerprint density at radius 2 is 1.81 bits per heavy atom. The minimum atomic E-state index is 0.783. The summed E-state index contributed by atoms with van der Waals surface area (Å²) < 4.78 is 0. The van der Waals surface area contributed by atoms with E-state index in [4.69, 9.17) is 0 Å². The van der Waals surface area contributed by atoms with Crippen LogP contribution in [0.25, 0.3) is 0 Å². The first-order valence-electron chi connectivity index (χ1n) is 6.11. The van der Waals surface area contributed by atoms with Crippen molar-refractivity contribution in [3.63, 3.8) is 0 Å². The molecule has 0 saturated heterocycles. The summed E-state index contributed by atoms with van der Waals surface area (Å²) in [5, 5.41) is 3.38. The molecule has 0 radical (unpaired) electrons. The molecule has 0 saturated carbocycles. The van der Waals surface area contributed by atoms with Crippen LogP contribution in [-0.2, 0) is 0 Å². The van der Waals surface area contributed by atoms with Crippen LogP contribution in [0.4, 0.5) is 0 Å². The fourth-order valence-corrected chi connectivity index (χ4v) is 1.58. The summed E-state index contributed by atoms with van der Waals surface area (Å²) >= 11 is 0. The van der Waals surface area contributed by atoms with E-state index in [1.165, 1.54) is 12.8 Å². The Balaban J connectivity index is 2.23. The number of nitrogens with one attached hydrogen (secondary N) is 1. The Morgan fingerprint density at radius 3 is 2.44 bits per heavy atom. The van der Waals surface area contributed by atoms with E-state index in [1.807, 2.05) is 30.3 Å². The van der Waals surface area contributed by atoms with E-state index < -0.39 is 0 Å². The highest BCUT2D eigenvalue weighted by Gasteiger charge is 2.00. The van der Waals surface area contributed by atoms with Crippen LogP contribution in [0.3, 0.4) is 0 Å². The SMILES string of the molecule is CCC(CC)CNCC#Cc1ccccc1. The van der Waals surface area contributed by atoms with Crippen LogP contribution in [0.2, 0.25) is 0 Å². The number of hydrogen-bond donors (Lipinski definition) is 1. The van der Waals surface area contributed by atoms with Gasteiger partial charge in [0.25, 0.3) is 0 Å². The zero-order valence-corrected chi connectivity index (χ0v) is 10.3. The molecule has 0 aromatic heterocycles. The molecule has 1 nitrogen and oxygen atoms in total. The molecule has 86 valence electrons. The maximum atomic E-state index is 3.38. The minimum Gasteiger partial charge on any atom is -0.306 e. The van der Waals surface area contributed by atoms with E-state index in [2.05, 4.69) is 31.0 Å². The first-order chi connectivity index (χ1) is 7.86. The predicted molar refractivity (Wildman–Crippen MR) is 70.3 cm³/mol. The Morgan fingerprint density at radius 1 is 1.12 bits per heavy atom. The molecule has 1 aromatic rings. The molecule has 1 rings (SSSR count). The summed E-state index contributed by atoms with van der Waals surface area (Å²) in [6, 6.07) is 10.1. The number of benzene rings is 1. The van der Waals surface area contributed by atoms with Crippen LogP contribution in [-0.4, -0.2) is 13.1 Å². The average molecular weight is 215 g/mol. The van der Waals surface area contributed by atoms with E-state index in [9.17, 15) is 0 Å². The molecule has 1 heteroatoms. The average Bonchev–Trinajstić information content (AvgIpc) is 2.35. The van der Waals surface area contributed by atoms with E-state index in [-0.39, 0.29) is 0 Å². The van der Waals surface area contributed by atoms with Gasteiger partial charge in [0.15, 0.2) is 0 Å². The van der Waals surface area contributed by atoms with Crippen molar-refractivity contribution in [2.45, 2.75) is 26.7 Å². The lowest BCUT2D eigenvalue weighted by Gasteiger charge is -2.11. The molecule has 0 unspecified atom stereocenters. The Bertz CT molecular complexity index is 327. The minimum absolute atomic E-state index is 0.783. The van der Waals surface area contributed by atoms with Crippen LogP contribution in [0.5, 0.6) is 0 Å².